The third-order valence-corrected chi connectivity index (χ3v) is 2.73. The van der Waals surface area contributed by atoms with Gasteiger partial charge in [-0.15, -0.1) is 0 Å². The fourth-order valence-electron chi connectivity index (χ4n) is 1.73. The Morgan fingerprint density at radius 2 is 2.20 bits per heavy atom. The summed E-state index contributed by atoms with van der Waals surface area (Å²) in [6, 6.07) is 9.29. The Balaban J connectivity index is 1.80. The molecule has 1 aromatic heterocycles. The van der Waals surface area contributed by atoms with Crippen LogP contribution in [0.3, 0.4) is 0 Å². The highest BCUT2D eigenvalue weighted by atomic mass is 16.5. The highest BCUT2D eigenvalue weighted by Gasteiger charge is 2.06. The van der Waals surface area contributed by atoms with Crippen LogP contribution in [0.5, 0.6) is 5.75 Å². The van der Waals surface area contributed by atoms with Gasteiger partial charge in [-0.3, -0.25) is 4.79 Å². The maximum Gasteiger partial charge on any atom is 0.239 e. The molecule has 1 heterocycles. The first kappa shape index (κ1) is 13.9. The van der Waals surface area contributed by atoms with E-state index < -0.39 is 0 Å². The van der Waals surface area contributed by atoms with Gasteiger partial charge in [0.2, 0.25) is 5.91 Å². The maximum atomic E-state index is 11.7. The molecule has 1 aromatic carbocycles. The Morgan fingerprint density at radius 3 is 2.90 bits per heavy atom. The summed E-state index contributed by atoms with van der Waals surface area (Å²) in [7, 11) is 1.61. The van der Waals surface area contributed by atoms with Crippen LogP contribution in [0.4, 0.5) is 5.82 Å². The Morgan fingerprint density at radius 1 is 1.40 bits per heavy atom. The van der Waals surface area contributed by atoms with Crippen molar-refractivity contribution >= 4 is 11.7 Å². The molecule has 1 amide bonds. The minimum absolute atomic E-state index is 0.128. The normalized spacial score (nSPS) is 10.1. The first-order valence-corrected chi connectivity index (χ1v) is 6.25. The van der Waals surface area contributed by atoms with Crippen molar-refractivity contribution in [2.24, 2.45) is 0 Å². The fraction of sp³-hybridized carbons (Fsp3) is 0.286. The van der Waals surface area contributed by atoms with E-state index in [9.17, 15) is 4.79 Å². The van der Waals surface area contributed by atoms with Crippen molar-refractivity contribution in [2.45, 2.75) is 13.5 Å². The molecule has 0 unspecified atom stereocenters. The van der Waals surface area contributed by atoms with Gasteiger partial charge < -0.3 is 19.9 Å². The lowest BCUT2D eigenvalue weighted by atomic mass is 10.2. The summed E-state index contributed by atoms with van der Waals surface area (Å²) in [5.41, 5.74) is 0.931. The van der Waals surface area contributed by atoms with Gasteiger partial charge in [-0.1, -0.05) is 23.4 Å². The molecule has 0 spiro atoms. The van der Waals surface area contributed by atoms with E-state index in [-0.39, 0.29) is 12.5 Å². The van der Waals surface area contributed by atoms with Gasteiger partial charge in [0, 0.05) is 18.2 Å². The summed E-state index contributed by atoms with van der Waals surface area (Å²) in [5.74, 6) is 1.88. The molecule has 0 bridgehead atoms. The van der Waals surface area contributed by atoms with Crippen molar-refractivity contribution in [1.29, 1.82) is 0 Å². The predicted octanol–water partition coefficient (Wildman–Crippen LogP) is 1.72. The largest absolute Gasteiger partial charge is 0.496 e. The van der Waals surface area contributed by atoms with E-state index in [1.807, 2.05) is 24.3 Å². The van der Waals surface area contributed by atoms with Gasteiger partial charge >= 0.3 is 0 Å². The number of hydrogen-bond donors (Lipinski definition) is 2. The molecular formula is C14H17N3O3. The van der Waals surface area contributed by atoms with Crippen LogP contribution in [0.15, 0.2) is 34.9 Å². The van der Waals surface area contributed by atoms with E-state index >= 15 is 0 Å². The quantitative estimate of drug-likeness (QED) is 0.839. The van der Waals surface area contributed by atoms with Crippen LogP contribution in [0.2, 0.25) is 0 Å². The van der Waals surface area contributed by atoms with Crippen LogP contribution in [0.1, 0.15) is 11.3 Å². The van der Waals surface area contributed by atoms with Crippen LogP contribution in [0, 0.1) is 6.92 Å². The molecular weight excluding hydrogens is 258 g/mol. The lowest BCUT2D eigenvalue weighted by Crippen LogP contribution is -2.29. The van der Waals surface area contributed by atoms with Crippen LogP contribution in [-0.4, -0.2) is 24.7 Å². The Hall–Kier alpha value is -2.50. The summed E-state index contributed by atoms with van der Waals surface area (Å²) >= 11 is 0. The van der Waals surface area contributed by atoms with Gasteiger partial charge in [-0.25, -0.2) is 0 Å². The van der Waals surface area contributed by atoms with Gasteiger partial charge in [0.25, 0.3) is 0 Å². The fourth-order valence-corrected chi connectivity index (χ4v) is 1.73. The topological polar surface area (TPSA) is 76.4 Å². The van der Waals surface area contributed by atoms with Crippen molar-refractivity contribution < 1.29 is 14.1 Å². The number of aromatic nitrogens is 1. The summed E-state index contributed by atoms with van der Waals surface area (Å²) < 4.78 is 10.1. The number of hydrogen-bond acceptors (Lipinski definition) is 5. The number of benzene rings is 1. The van der Waals surface area contributed by atoms with E-state index in [4.69, 9.17) is 9.26 Å². The number of aryl methyl sites for hydroxylation is 1. The Bertz CT molecular complexity index is 581. The average molecular weight is 275 g/mol. The van der Waals surface area contributed by atoms with Gasteiger partial charge in [-0.05, 0) is 13.0 Å². The molecule has 0 fully saturated rings. The maximum absolute atomic E-state index is 11.7. The Labute approximate surface area is 117 Å². The van der Waals surface area contributed by atoms with Gasteiger partial charge in [0.05, 0.1) is 13.7 Å². The SMILES string of the molecule is COc1ccccc1CNC(=O)CNc1cc(C)on1. The van der Waals surface area contributed by atoms with E-state index in [1.165, 1.54) is 0 Å². The lowest BCUT2D eigenvalue weighted by Gasteiger charge is -2.09. The number of nitrogens with zero attached hydrogens (tertiary/aromatic N) is 1. The molecule has 6 heteroatoms. The second kappa shape index (κ2) is 6.60. The van der Waals surface area contributed by atoms with Gasteiger partial charge in [0.1, 0.15) is 11.5 Å². The third kappa shape index (κ3) is 3.74. The second-order valence-electron chi connectivity index (χ2n) is 4.26. The number of nitrogens with one attached hydrogen (secondary N) is 2. The standard InChI is InChI=1S/C14H17N3O3/c1-10-7-13(17-20-10)15-9-14(18)16-8-11-5-3-4-6-12(11)19-2/h3-7H,8-9H2,1-2H3,(H,15,17)(H,16,18). The smallest absolute Gasteiger partial charge is 0.239 e. The number of rotatable bonds is 6. The third-order valence-electron chi connectivity index (χ3n) is 2.73. The zero-order valence-electron chi connectivity index (χ0n) is 11.5. The van der Waals surface area contributed by atoms with E-state index in [0.29, 0.717) is 18.1 Å². The van der Waals surface area contributed by atoms with Crippen molar-refractivity contribution in [1.82, 2.24) is 10.5 Å². The zero-order valence-corrected chi connectivity index (χ0v) is 11.5. The molecule has 2 N–H and O–H groups in total. The number of amides is 1. The molecule has 2 rings (SSSR count). The van der Waals surface area contributed by atoms with E-state index in [1.54, 1.807) is 20.1 Å². The lowest BCUT2D eigenvalue weighted by molar-refractivity contribution is -0.119. The van der Waals surface area contributed by atoms with E-state index in [2.05, 4.69) is 15.8 Å². The molecule has 0 radical (unpaired) electrons. The number of ether oxygens (including phenoxy) is 1. The average Bonchev–Trinajstić information content (AvgIpc) is 2.89. The van der Waals surface area contributed by atoms with Gasteiger partial charge in [-0.2, -0.15) is 0 Å². The summed E-state index contributed by atoms with van der Waals surface area (Å²) in [5, 5.41) is 9.44. The van der Waals surface area contributed by atoms with Crippen molar-refractivity contribution in [3.63, 3.8) is 0 Å². The molecule has 0 saturated carbocycles. The first-order chi connectivity index (χ1) is 9.69. The monoisotopic (exact) mass is 275 g/mol. The summed E-state index contributed by atoms with van der Waals surface area (Å²) in [4.78, 5) is 11.7. The molecule has 0 aliphatic carbocycles. The second-order valence-corrected chi connectivity index (χ2v) is 4.26. The van der Waals surface area contributed by atoms with Crippen LogP contribution >= 0.6 is 0 Å². The Kier molecular flexibility index (Phi) is 4.60. The molecule has 2 aromatic rings. The summed E-state index contributed by atoms with van der Waals surface area (Å²) in [6.07, 6.45) is 0. The molecule has 0 aliphatic rings. The molecule has 106 valence electrons. The van der Waals surface area contributed by atoms with Crippen LogP contribution < -0.4 is 15.4 Å². The molecule has 0 aliphatic heterocycles. The predicted molar refractivity (Wildman–Crippen MR) is 74.6 cm³/mol. The zero-order chi connectivity index (χ0) is 14.4. The number of carbonyl (C=O) groups excluding carboxylic acids is 1. The molecule has 0 saturated heterocycles. The highest BCUT2D eigenvalue weighted by Crippen LogP contribution is 2.16. The minimum atomic E-state index is -0.128. The summed E-state index contributed by atoms with van der Waals surface area (Å²) in [6.45, 7) is 2.35. The minimum Gasteiger partial charge on any atom is -0.496 e. The number of methoxy groups -OCH3 is 1. The highest BCUT2D eigenvalue weighted by molar-refractivity contribution is 5.80. The number of para-hydroxylation sites is 1. The van der Waals surface area contributed by atoms with Crippen LogP contribution in [-0.2, 0) is 11.3 Å². The molecule has 0 atom stereocenters. The van der Waals surface area contributed by atoms with Crippen molar-refractivity contribution in [3.05, 3.63) is 41.7 Å². The number of anilines is 1. The molecule has 6 nitrogen and oxygen atoms in total. The number of carbonyl (C=O) groups is 1. The van der Waals surface area contributed by atoms with Crippen molar-refractivity contribution in [2.75, 3.05) is 19.0 Å². The first-order valence-electron chi connectivity index (χ1n) is 6.25. The van der Waals surface area contributed by atoms with Crippen LogP contribution in [0.25, 0.3) is 0 Å². The van der Waals surface area contributed by atoms with Gasteiger partial charge in [0.15, 0.2) is 5.82 Å². The van der Waals surface area contributed by atoms with E-state index in [0.717, 1.165) is 11.3 Å². The molecule has 20 heavy (non-hydrogen) atoms. The van der Waals surface area contributed by atoms with Crippen molar-refractivity contribution in [3.8, 4) is 5.75 Å².